The number of aliphatic hydroxyl groups is 1. The van der Waals surface area contributed by atoms with Crippen molar-refractivity contribution in [3.05, 3.63) is 112 Å². The highest BCUT2D eigenvalue weighted by atomic mass is 35.5. The van der Waals surface area contributed by atoms with E-state index < -0.39 is 30.3 Å². The maximum Gasteiger partial charge on any atom is 0.410 e. The number of amides is 1. The molecule has 3 unspecified atom stereocenters. The van der Waals surface area contributed by atoms with Crippen molar-refractivity contribution in [3.8, 4) is 0 Å². The third kappa shape index (κ3) is 5.19. The fraction of sp³-hybridized carbons (Fsp3) is 0.185. The number of alkyl halides is 3. The Labute approximate surface area is 215 Å². The van der Waals surface area contributed by atoms with E-state index in [4.69, 9.17) is 11.6 Å². The summed E-state index contributed by atoms with van der Waals surface area (Å²) >= 11 is 6.14. The number of carbonyl (C=O) groups excluding carboxylic acids is 1. The fourth-order valence-electron chi connectivity index (χ4n) is 4.46. The number of hydrogen-bond acceptors (Lipinski definition) is 4. The Bertz CT molecular complexity index is 1410. The monoisotopic (exact) mass is 526 g/mol. The van der Waals surface area contributed by atoms with Crippen LogP contribution >= 0.6 is 11.6 Å². The largest absolute Gasteiger partial charge is 0.410 e. The van der Waals surface area contributed by atoms with Gasteiger partial charge in [0.25, 0.3) is 5.91 Å². The minimum Gasteiger partial charge on any atom is -0.384 e. The molecular weight excluding hydrogens is 505 g/mol. The first-order valence-electron chi connectivity index (χ1n) is 11.5. The Morgan fingerprint density at radius 2 is 1.73 bits per heavy atom. The summed E-state index contributed by atoms with van der Waals surface area (Å²) < 4.78 is 42.7. The number of carbonyl (C=O) groups is 1. The van der Waals surface area contributed by atoms with Gasteiger partial charge in [0.1, 0.15) is 11.9 Å². The number of rotatable bonds is 5. The quantitative estimate of drug-likeness (QED) is 0.276. The molecule has 4 aromatic rings. The molecule has 37 heavy (non-hydrogen) atoms. The molecule has 1 aromatic heterocycles. The number of aliphatic hydroxyl groups excluding tert-OH is 1. The van der Waals surface area contributed by atoms with E-state index in [9.17, 15) is 23.1 Å². The minimum absolute atomic E-state index is 0.0910. The fourth-order valence-corrected chi connectivity index (χ4v) is 4.64. The molecule has 3 atom stereocenters. The Balaban J connectivity index is 1.45. The van der Waals surface area contributed by atoms with Crippen LogP contribution < -0.4 is 10.6 Å². The number of nitrogens with zero attached hydrogens (tertiary/aromatic N) is 2. The number of benzene rings is 3. The SMILES string of the molecule is O=C(Nc1ccc(Cl)cc1C(O)c1ccccc1)c1cc2n(n1)C(C(F)(F)F)CC(c1ccccc1)N2. The van der Waals surface area contributed by atoms with Crippen LogP contribution in [0.2, 0.25) is 5.02 Å². The minimum atomic E-state index is -4.56. The highest BCUT2D eigenvalue weighted by Crippen LogP contribution is 2.43. The van der Waals surface area contributed by atoms with Gasteiger partial charge in [-0.05, 0) is 29.3 Å². The van der Waals surface area contributed by atoms with Crippen molar-refractivity contribution in [2.24, 2.45) is 0 Å². The molecule has 3 aromatic carbocycles. The molecule has 6 nitrogen and oxygen atoms in total. The van der Waals surface area contributed by atoms with Gasteiger partial charge in [-0.3, -0.25) is 4.79 Å². The zero-order valence-corrected chi connectivity index (χ0v) is 20.0. The number of halogens is 4. The highest BCUT2D eigenvalue weighted by Gasteiger charge is 2.46. The third-order valence-corrected chi connectivity index (χ3v) is 6.53. The van der Waals surface area contributed by atoms with Crippen LogP contribution in [0.4, 0.5) is 24.7 Å². The maximum atomic E-state index is 14.0. The van der Waals surface area contributed by atoms with E-state index in [0.29, 0.717) is 21.7 Å². The summed E-state index contributed by atoms with van der Waals surface area (Å²) in [6.07, 6.45) is -5.92. The second-order valence-electron chi connectivity index (χ2n) is 8.76. The summed E-state index contributed by atoms with van der Waals surface area (Å²) in [6.45, 7) is 0. The molecule has 3 N–H and O–H groups in total. The van der Waals surface area contributed by atoms with Gasteiger partial charge >= 0.3 is 6.18 Å². The molecule has 1 aliphatic heterocycles. The van der Waals surface area contributed by atoms with Gasteiger partial charge in [-0.2, -0.15) is 18.3 Å². The number of fused-ring (bicyclic) bond motifs is 1. The average molecular weight is 527 g/mol. The average Bonchev–Trinajstić information content (AvgIpc) is 3.33. The van der Waals surface area contributed by atoms with Crippen LogP contribution in [-0.4, -0.2) is 27.0 Å². The van der Waals surface area contributed by atoms with Gasteiger partial charge in [-0.25, -0.2) is 4.68 Å². The first kappa shape index (κ1) is 24.9. The lowest BCUT2D eigenvalue weighted by atomic mass is 9.97. The molecular formula is C27H22ClF3N4O2. The van der Waals surface area contributed by atoms with Crippen molar-refractivity contribution in [1.82, 2.24) is 9.78 Å². The third-order valence-electron chi connectivity index (χ3n) is 6.30. The molecule has 0 spiro atoms. The second kappa shape index (κ2) is 9.91. The van der Waals surface area contributed by atoms with Gasteiger partial charge in [0.05, 0.1) is 6.04 Å². The number of hydrogen-bond donors (Lipinski definition) is 3. The number of nitrogens with one attached hydrogen (secondary N) is 2. The molecule has 0 fully saturated rings. The summed E-state index contributed by atoms with van der Waals surface area (Å²) in [5.41, 5.74) is 1.70. The van der Waals surface area contributed by atoms with E-state index in [2.05, 4.69) is 15.7 Å². The first-order chi connectivity index (χ1) is 17.7. The Morgan fingerprint density at radius 1 is 1.05 bits per heavy atom. The smallest absolute Gasteiger partial charge is 0.384 e. The lowest BCUT2D eigenvalue weighted by molar-refractivity contribution is -0.173. The molecule has 1 amide bonds. The Morgan fingerprint density at radius 3 is 2.41 bits per heavy atom. The molecule has 0 bridgehead atoms. The molecule has 0 aliphatic carbocycles. The van der Waals surface area contributed by atoms with Crippen LogP contribution in [0.15, 0.2) is 84.9 Å². The van der Waals surface area contributed by atoms with E-state index in [1.54, 1.807) is 60.7 Å². The van der Waals surface area contributed by atoms with Crippen LogP contribution in [0.25, 0.3) is 0 Å². The maximum absolute atomic E-state index is 14.0. The summed E-state index contributed by atoms with van der Waals surface area (Å²) in [6, 6.07) is 21.0. The van der Waals surface area contributed by atoms with Crippen LogP contribution in [-0.2, 0) is 0 Å². The topological polar surface area (TPSA) is 79.2 Å². The first-order valence-corrected chi connectivity index (χ1v) is 11.9. The molecule has 190 valence electrons. The summed E-state index contributed by atoms with van der Waals surface area (Å²) in [7, 11) is 0. The normalized spacial score (nSPS) is 18.0. The van der Waals surface area contributed by atoms with Gasteiger partial charge in [-0.1, -0.05) is 72.3 Å². The number of aromatic nitrogens is 2. The molecule has 10 heteroatoms. The van der Waals surface area contributed by atoms with Gasteiger partial charge in [0.15, 0.2) is 11.7 Å². The van der Waals surface area contributed by atoms with Crippen molar-refractivity contribution in [3.63, 3.8) is 0 Å². The van der Waals surface area contributed by atoms with Gasteiger partial charge < -0.3 is 15.7 Å². The van der Waals surface area contributed by atoms with Gasteiger partial charge in [0, 0.05) is 28.8 Å². The number of anilines is 2. The van der Waals surface area contributed by atoms with Crippen molar-refractivity contribution in [2.45, 2.75) is 30.8 Å². The van der Waals surface area contributed by atoms with E-state index in [0.717, 1.165) is 4.68 Å². The molecule has 2 heterocycles. The molecule has 0 saturated carbocycles. The molecule has 0 radical (unpaired) electrons. The van der Waals surface area contributed by atoms with E-state index in [1.165, 1.54) is 18.2 Å². The van der Waals surface area contributed by atoms with E-state index >= 15 is 0 Å². The second-order valence-corrected chi connectivity index (χ2v) is 9.20. The van der Waals surface area contributed by atoms with Crippen LogP contribution in [0.1, 0.15) is 51.8 Å². The lowest BCUT2D eigenvalue weighted by Gasteiger charge is -2.33. The predicted molar refractivity (Wildman–Crippen MR) is 135 cm³/mol. The van der Waals surface area contributed by atoms with Gasteiger partial charge in [-0.15, -0.1) is 0 Å². The van der Waals surface area contributed by atoms with E-state index in [1.807, 2.05) is 6.07 Å². The van der Waals surface area contributed by atoms with Crippen LogP contribution in [0, 0.1) is 0 Å². The standard InChI is InChI=1S/C27H22ClF3N4O2/c28-18-11-12-20(19(13-18)25(36)17-9-5-2-6-10-17)33-26(37)22-15-24-32-21(16-7-3-1-4-8-16)14-23(27(29,30)31)35(24)34-22/h1-13,15,21,23,25,32,36H,14H2,(H,33,37). The Hall–Kier alpha value is -3.82. The lowest BCUT2D eigenvalue weighted by Crippen LogP contribution is -2.35. The zero-order chi connectivity index (χ0) is 26.2. The Kier molecular flexibility index (Phi) is 6.66. The van der Waals surface area contributed by atoms with Gasteiger partial charge in [0.2, 0.25) is 0 Å². The molecule has 0 saturated heterocycles. The molecule has 1 aliphatic rings. The van der Waals surface area contributed by atoms with E-state index in [-0.39, 0.29) is 23.6 Å². The van der Waals surface area contributed by atoms with Crippen LogP contribution in [0.3, 0.4) is 0 Å². The van der Waals surface area contributed by atoms with Crippen molar-refractivity contribution in [2.75, 3.05) is 10.6 Å². The summed E-state index contributed by atoms with van der Waals surface area (Å²) in [5.74, 6) is -0.627. The highest BCUT2D eigenvalue weighted by molar-refractivity contribution is 6.30. The predicted octanol–water partition coefficient (Wildman–Crippen LogP) is 6.53. The summed E-state index contributed by atoms with van der Waals surface area (Å²) in [4.78, 5) is 13.1. The summed E-state index contributed by atoms with van der Waals surface area (Å²) in [5, 5.41) is 21.0. The molecule has 5 rings (SSSR count). The van der Waals surface area contributed by atoms with Crippen molar-refractivity contribution in [1.29, 1.82) is 0 Å². The van der Waals surface area contributed by atoms with Crippen molar-refractivity contribution >= 4 is 29.0 Å². The van der Waals surface area contributed by atoms with Crippen molar-refractivity contribution < 1.29 is 23.1 Å². The van der Waals surface area contributed by atoms with Crippen LogP contribution in [0.5, 0.6) is 0 Å². The zero-order valence-electron chi connectivity index (χ0n) is 19.3.